The molecule has 0 amide bonds. The average molecular weight is 252 g/mol. The zero-order chi connectivity index (χ0) is 13.7. The van der Waals surface area contributed by atoms with Gasteiger partial charge in [-0.25, -0.2) is 0 Å². The molecule has 3 nitrogen and oxygen atoms in total. The van der Waals surface area contributed by atoms with Gasteiger partial charge in [-0.1, -0.05) is 20.8 Å². The van der Waals surface area contributed by atoms with E-state index in [0.717, 1.165) is 12.0 Å². The van der Waals surface area contributed by atoms with Gasteiger partial charge in [0, 0.05) is 6.42 Å². The van der Waals surface area contributed by atoms with Crippen LogP contribution in [0.15, 0.2) is 11.1 Å². The first-order valence-electron chi connectivity index (χ1n) is 6.74. The maximum Gasteiger partial charge on any atom is 0.158 e. The van der Waals surface area contributed by atoms with Crippen molar-refractivity contribution < 1.29 is 15.0 Å². The number of Topliss-reactive ketones (excluding diaryl/α,β-unsaturated/α-hetero) is 1. The highest BCUT2D eigenvalue weighted by Gasteiger charge is 2.54. The third-order valence-electron chi connectivity index (χ3n) is 5.24. The number of carbonyl (C=O) groups excluding carboxylic acids is 1. The summed E-state index contributed by atoms with van der Waals surface area (Å²) in [6.07, 6.45) is 1.59. The van der Waals surface area contributed by atoms with Gasteiger partial charge in [0.15, 0.2) is 5.78 Å². The Morgan fingerprint density at radius 3 is 2.44 bits per heavy atom. The number of hydrogen-bond donors (Lipinski definition) is 2. The molecule has 0 heterocycles. The van der Waals surface area contributed by atoms with Crippen molar-refractivity contribution in [1.82, 2.24) is 0 Å². The van der Waals surface area contributed by atoms with Crippen LogP contribution in [-0.4, -0.2) is 28.7 Å². The number of aliphatic hydroxyl groups is 2. The van der Waals surface area contributed by atoms with E-state index in [4.69, 9.17) is 0 Å². The summed E-state index contributed by atoms with van der Waals surface area (Å²) in [5.41, 5.74) is 1.24. The van der Waals surface area contributed by atoms with Gasteiger partial charge in [0.25, 0.3) is 0 Å². The molecule has 0 radical (unpaired) electrons. The maximum absolute atomic E-state index is 12.1. The molecule has 2 rings (SSSR count). The first-order chi connectivity index (χ1) is 8.22. The molecule has 0 aromatic rings. The number of hydrogen-bond acceptors (Lipinski definition) is 3. The Hall–Kier alpha value is -0.670. The number of rotatable bonds is 1. The van der Waals surface area contributed by atoms with Crippen LogP contribution < -0.4 is 0 Å². The maximum atomic E-state index is 12.1. The van der Waals surface area contributed by atoms with E-state index in [-0.39, 0.29) is 35.2 Å². The first-order valence-corrected chi connectivity index (χ1v) is 6.74. The number of carbonyl (C=O) groups is 1. The highest BCUT2D eigenvalue weighted by atomic mass is 16.3. The van der Waals surface area contributed by atoms with Crippen LogP contribution in [0.5, 0.6) is 0 Å². The first kappa shape index (κ1) is 13.8. The topological polar surface area (TPSA) is 57.5 Å². The molecular formula is C15H24O3. The van der Waals surface area contributed by atoms with Crippen molar-refractivity contribution in [3.63, 3.8) is 0 Å². The SMILES string of the molecule is CC1=C(CO)C2(C)CC(O)CC(C)(C)C2CC1=O. The van der Waals surface area contributed by atoms with E-state index in [1.165, 1.54) is 0 Å². The molecule has 102 valence electrons. The fraction of sp³-hybridized carbons (Fsp3) is 0.800. The number of fused-ring (bicyclic) bond motifs is 1. The minimum atomic E-state index is -0.344. The second-order valence-electron chi connectivity index (χ2n) is 6.91. The van der Waals surface area contributed by atoms with Gasteiger partial charge >= 0.3 is 0 Å². The molecule has 3 unspecified atom stereocenters. The molecule has 2 N–H and O–H groups in total. The van der Waals surface area contributed by atoms with Gasteiger partial charge in [-0.2, -0.15) is 0 Å². The fourth-order valence-corrected chi connectivity index (χ4v) is 4.39. The van der Waals surface area contributed by atoms with Crippen LogP contribution in [0.4, 0.5) is 0 Å². The van der Waals surface area contributed by atoms with E-state index in [0.29, 0.717) is 18.4 Å². The summed E-state index contributed by atoms with van der Waals surface area (Å²) in [4.78, 5) is 12.1. The Balaban J connectivity index is 2.55. The molecule has 18 heavy (non-hydrogen) atoms. The molecular weight excluding hydrogens is 228 g/mol. The number of aliphatic hydroxyl groups excluding tert-OH is 2. The van der Waals surface area contributed by atoms with E-state index in [9.17, 15) is 15.0 Å². The Bertz CT molecular complexity index is 408. The largest absolute Gasteiger partial charge is 0.393 e. The van der Waals surface area contributed by atoms with Crippen molar-refractivity contribution >= 4 is 5.78 Å². The summed E-state index contributed by atoms with van der Waals surface area (Å²) in [7, 11) is 0. The third kappa shape index (κ3) is 1.84. The average Bonchev–Trinajstić information content (AvgIpc) is 2.21. The lowest BCUT2D eigenvalue weighted by Crippen LogP contribution is -2.52. The fourth-order valence-electron chi connectivity index (χ4n) is 4.39. The number of ketones is 1. The van der Waals surface area contributed by atoms with Crippen LogP contribution >= 0.6 is 0 Å². The predicted molar refractivity (Wildman–Crippen MR) is 70.0 cm³/mol. The molecule has 3 atom stereocenters. The normalized spacial score (nSPS) is 39.8. The lowest BCUT2D eigenvalue weighted by Gasteiger charge is -2.55. The van der Waals surface area contributed by atoms with Crippen molar-refractivity contribution in [2.75, 3.05) is 6.61 Å². The van der Waals surface area contributed by atoms with Gasteiger partial charge in [-0.05, 0) is 47.7 Å². The molecule has 2 aliphatic carbocycles. The zero-order valence-corrected chi connectivity index (χ0v) is 11.8. The molecule has 0 aromatic carbocycles. The second-order valence-corrected chi connectivity index (χ2v) is 6.91. The van der Waals surface area contributed by atoms with Crippen LogP contribution in [-0.2, 0) is 4.79 Å². The highest BCUT2D eigenvalue weighted by molar-refractivity contribution is 5.97. The quantitative estimate of drug-likeness (QED) is 0.751. The van der Waals surface area contributed by atoms with Crippen molar-refractivity contribution in [3.05, 3.63) is 11.1 Å². The summed E-state index contributed by atoms with van der Waals surface area (Å²) in [5, 5.41) is 19.8. The van der Waals surface area contributed by atoms with E-state index in [2.05, 4.69) is 20.8 Å². The molecule has 0 bridgehead atoms. The summed E-state index contributed by atoms with van der Waals surface area (Å²) < 4.78 is 0. The standard InChI is InChI=1S/C15H24O3/c1-9-11(8-16)15(4)7-10(17)6-14(2,3)13(15)5-12(9)18/h10,13,16-17H,5-8H2,1-4H3. The van der Waals surface area contributed by atoms with Crippen molar-refractivity contribution in [1.29, 1.82) is 0 Å². The summed E-state index contributed by atoms with van der Waals surface area (Å²) in [5.74, 6) is 0.373. The molecule has 1 fully saturated rings. The number of allylic oxidation sites excluding steroid dienone is 1. The molecule has 0 spiro atoms. The van der Waals surface area contributed by atoms with Crippen LogP contribution in [0.1, 0.15) is 47.0 Å². The van der Waals surface area contributed by atoms with Crippen LogP contribution in [0.3, 0.4) is 0 Å². The second kappa shape index (κ2) is 4.17. The molecule has 2 aliphatic rings. The van der Waals surface area contributed by atoms with Gasteiger partial charge in [0.05, 0.1) is 12.7 Å². The smallest absolute Gasteiger partial charge is 0.158 e. The van der Waals surface area contributed by atoms with Gasteiger partial charge in [0.2, 0.25) is 0 Å². The summed E-state index contributed by atoms with van der Waals surface area (Å²) in [6, 6.07) is 0. The van der Waals surface area contributed by atoms with Crippen LogP contribution in [0.2, 0.25) is 0 Å². The minimum absolute atomic E-state index is 0.0663. The van der Waals surface area contributed by atoms with Crippen molar-refractivity contribution in [2.45, 2.75) is 53.1 Å². The van der Waals surface area contributed by atoms with E-state index >= 15 is 0 Å². The Kier molecular flexibility index (Phi) is 3.19. The molecule has 0 saturated heterocycles. The molecule has 0 aliphatic heterocycles. The third-order valence-corrected chi connectivity index (χ3v) is 5.24. The van der Waals surface area contributed by atoms with E-state index in [1.54, 1.807) is 0 Å². The van der Waals surface area contributed by atoms with E-state index in [1.807, 2.05) is 6.92 Å². The molecule has 3 heteroatoms. The van der Waals surface area contributed by atoms with Crippen molar-refractivity contribution in [3.8, 4) is 0 Å². The Morgan fingerprint density at radius 1 is 1.28 bits per heavy atom. The van der Waals surface area contributed by atoms with Gasteiger partial charge in [-0.15, -0.1) is 0 Å². The monoisotopic (exact) mass is 252 g/mol. The lowest BCUT2D eigenvalue weighted by molar-refractivity contribution is -0.125. The molecule has 0 aromatic heterocycles. The summed E-state index contributed by atoms with van der Waals surface area (Å²) >= 11 is 0. The highest BCUT2D eigenvalue weighted by Crippen LogP contribution is 2.58. The predicted octanol–water partition coefficient (Wildman–Crippen LogP) is 2.07. The molecule has 1 saturated carbocycles. The Morgan fingerprint density at radius 2 is 1.89 bits per heavy atom. The minimum Gasteiger partial charge on any atom is -0.393 e. The van der Waals surface area contributed by atoms with Gasteiger partial charge in [0.1, 0.15) is 0 Å². The van der Waals surface area contributed by atoms with E-state index < -0.39 is 0 Å². The van der Waals surface area contributed by atoms with Crippen molar-refractivity contribution in [2.24, 2.45) is 16.7 Å². The lowest BCUT2D eigenvalue weighted by atomic mass is 9.49. The van der Waals surface area contributed by atoms with Crippen LogP contribution in [0.25, 0.3) is 0 Å². The zero-order valence-electron chi connectivity index (χ0n) is 11.8. The summed E-state index contributed by atoms with van der Waals surface area (Å²) in [6.45, 7) is 8.09. The Labute approximate surface area is 109 Å². The van der Waals surface area contributed by atoms with Crippen LogP contribution in [0, 0.1) is 16.7 Å². The van der Waals surface area contributed by atoms with Gasteiger partial charge in [-0.3, -0.25) is 4.79 Å². The van der Waals surface area contributed by atoms with Gasteiger partial charge < -0.3 is 10.2 Å².